The van der Waals surface area contributed by atoms with Crippen molar-refractivity contribution in [3.05, 3.63) is 54.0 Å². The van der Waals surface area contributed by atoms with Crippen LogP contribution in [0.1, 0.15) is 18.4 Å². The number of anilines is 1. The summed E-state index contributed by atoms with van der Waals surface area (Å²) in [4.78, 5) is 0. The van der Waals surface area contributed by atoms with E-state index in [-0.39, 0.29) is 0 Å². The summed E-state index contributed by atoms with van der Waals surface area (Å²) in [6.45, 7) is 2.83. The number of furan rings is 1. The second-order valence-electron chi connectivity index (χ2n) is 3.44. The van der Waals surface area contributed by atoms with Crippen LogP contribution in [0, 0.1) is 0 Å². The van der Waals surface area contributed by atoms with Gasteiger partial charge in [0.25, 0.3) is 0 Å². The van der Waals surface area contributed by atoms with Gasteiger partial charge in [-0.15, -0.1) is 0 Å². The van der Waals surface area contributed by atoms with E-state index < -0.39 is 0 Å². The summed E-state index contributed by atoms with van der Waals surface area (Å²) in [7, 11) is 0. The third-order valence-corrected chi connectivity index (χ3v) is 2.31. The predicted octanol–water partition coefficient (Wildman–Crippen LogP) is 3.45. The first-order valence-corrected chi connectivity index (χ1v) is 5.25. The van der Waals surface area contributed by atoms with Crippen molar-refractivity contribution < 1.29 is 4.42 Å². The molecule has 2 heteroatoms. The summed E-state index contributed by atoms with van der Waals surface area (Å²) >= 11 is 0. The average Bonchev–Trinajstić information content (AvgIpc) is 2.76. The van der Waals surface area contributed by atoms with E-state index >= 15 is 0 Å². The molecule has 1 aromatic heterocycles. The smallest absolute Gasteiger partial charge is 0.123 e. The molecular weight excluding hydrogens is 186 g/mol. The van der Waals surface area contributed by atoms with Gasteiger partial charge in [-0.25, -0.2) is 0 Å². The van der Waals surface area contributed by atoms with Crippen LogP contribution >= 0.6 is 0 Å². The molecule has 0 saturated heterocycles. The molecule has 0 bridgehead atoms. The molecule has 0 unspecified atom stereocenters. The van der Waals surface area contributed by atoms with E-state index in [4.69, 9.17) is 4.42 Å². The molecule has 1 aromatic carbocycles. The fourth-order valence-electron chi connectivity index (χ4n) is 1.45. The van der Waals surface area contributed by atoms with E-state index in [1.807, 2.05) is 42.5 Å². The van der Waals surface area contributed by atoms with Crippen LogP contribution in [0.3, 0.4) is 0 Å². The molecule has 0 fully saturated rings. The Hall–Kier alpha value is -1.70. The van der Waals surface area contributed by atoms with Crippen LogP contribution in [0.2, 0.25) is 0 Å². The Balaban J connectivity index is 1.93. The van der Waals surface area contributed by atoms with E-state index in [1.165, 1.54) is 0 Å². The molecular formula is C13H15NO. The van der Waals surface area contributed by atoms with Gasteiger partial charge >= 0.3 is 0 Å². The minimum Gasteiger partial charge on any atom is -0.464 e. The Bertz CT molecular complexity index is 405. The van der Waals surface area contributed by atoms with Crippen LogP contribution in [0.15, 0.2) is 46.9 Å². The molecule has 2 rings (SSSR count). The van der Waals surface area contributed by atoms with Crippen molar-refractivity contribution in [2.75, 3.05) is 5.32 Å². The second-order valence-corrected chi connectivity index (χ2v) is 3.44. The summed E-state index contributed by atoms with van der Waals surface area (Å²) < 4.78 is 5.59. The fraction of sp³-hybridized carbons (Fsp3) is 0.231. The van der Waals surface area contributed by atoms with Gasteiger partial charge in [0.15, 0.2) is 0 Å². The average molecular weight is 201 g/mol. The highest BCUT2D eigenvalue weighted by Crippen LogP contribution is 2.11. The highest BCUT2D eigenvalue weighted by Gasteiger charge is 1.99. The van der Waals surface area contributed by atoms with E-state index in [0.717, 1.165) is 30.2 Å². The Morgan fingerprint density at radius 2 is 1.73 bits per heavy atom. The van der Waals surface area contributed by atoms with Gasteiger partial charge in [0.05, 0.1) is 6.54 Å². The van der Waals surface area contributed by atoms with Crippen molar-refractivity contribution in [3.63, 3.8) is 0 Å². The molecule has 2 aromatic rings. The van der Waals surface area contributed by atoms with E-state index in [9.17, 15) is 0 Å². The maximum absolute atomic E-state index is 5.59. The Morgan fingerprint density at radius 1 is 1.00 bits per heavy atom. The van der Waals surface area contributed by atoms with Gasteiger partial charge in [-0.3, -0.25) is 0 Å². The maximum atomic E-state index is 5.59. The molecule has 0 radical (unpaired) electrons. The van der Waals surface area contributed by atoms with Gasteiger partial charge in [-0.1, -0.05) is 25.1 Å². The van der Waals surface area contributed by atoms with Crippen molar-refractivity contribution in [2.45, 2.75) is 19.9 Å². The minimum atomic E-state index is 0.740. The molecule has 15 heavy (non-hydrogen) atoms. The lowest BCUT2D eigenvalue weighted by atomic mass is 10.3. The van der Waals surface area contributed by atoms with Crippen molar-refractivity contribution in [1.29, 1.82) is 0 Å². The SMILES string of the molecule is CCc1ccc(CNc2ccccc2)o1. The zero-order valence-corrected chi connectivity index (χ0v) is 8.86. The normalized spacial score (nSPS) is 10.2. The largest absolute Gasteiger partial charge is 0.464 e. The zero-order valence-electron chi connectivity index (χ0n) is 8.86. The molecule has 0 aliphatic rings. The molecule has 2 nitrogen and oxygen atoms in total. The van der Waals surface area contributed by atoms with Crippen LogP contribution in [0.5, 0.6) is 0 Å². The van der Waals surface area contributed by atoms with Crippen LogP contribution < -0.4 is 5.32 Å². The third kappa shape index (κ3) is 2.62. The quantitative estimate of drug-likeness (QED) is 0.819. The van der Waals surface area contributed by atoms with Crippen LogP contribution in [0.25, 0.3) is 0 Å². The van der Waals surface area contributed by atoms with Crippen molar-refractivity contribution in [1.82, 2.24) is 0 Å². The monoisotopic (exact) mass is 201 g/mol. The summed E-state index contributed by atoms with van der Waals surface area (Å²) in [5.41, 5.74) is 1.12. The molecule has 1 N–H and O–H groups in total. The number of hydrogen-bond acceptors (Lipinski definition) is 2. The van der Waals surface area contributed by atoms with Gasteiger partial charge in [0, 0.05) is 12.1 Å². The predicted molar refractivity (Wildman–Crippen MR) is 61.9 cm³/mol. The molecule has 0 spiro atoms. The molecule has 0 atom stereocenters. The van der Waals surface area contributed by atoms with Crippen LogP contribution in [-0.2, 0) is 13.0 Å². The van der Waals surface area contributed by atoms with Gasteiger partial charge in [0.1, 0.15) is 11.5 Å². The summed E-state index contributed by atoms with van der Waals surface area (Å²) in [6, 6.07) is 14.2. The lowest BCUT2D eigenvalue weighted by Crippen LogP contribution is -1.97. The van der Waals surface area contributed by atoms with E-state index in [1.54, 1.807) is 0 Å². The maximum Gasteiger partial charge on any atom is 0.123 e. The number of hydrogen-bond donors (Lipinski definition) is 1. The first-order valence-electron chi connectivity index (χ1n) is 5.25. The molecule has 1 heterocycles. The standard InChI is InChI=1S/C13H15NO/c1-2-12-8-9-13(15-12)10-14-11-6-4-3-5-7-11/h3-9,14H,2,10H2,1H3. The number of aryl methyl sites for hydroxylation is 1. The first-order chi connectivity index (χ1) is 7.38. The molecule has 0 amide bonds. The minimum absolute atomic E-state index is 0.740. The first kappa shape index (κ1) is 9.84. The third-order valence-electron chi connectivity index (χ3n) is 2.31. The highest BCUT2D eigenvalue weighted by molar-refractivity contribution is 5.42. The second kappa shape index (κ2) is 4.69. The van der Waals surface area contributed by atoms with Gasteiger partial charge in [-0.2, -0.15) is 0 Å². The van der Waals surface area contributed by atoms with E-state index in [2.05, 4.69) is 12.2 Å². The van der Waals surface area contributed by atoms with Gasteiger partial charge < -0.3 is 9.73 Å². The van der Waals surface area contributed by atoms with Crippen LogP contribution in [0.4, 0.5) is 5.69 Å². The highest BCUT2D eigenvalue weighted by atomic mass is 16.3. The summed E-state index contributed by atoms with van der Waals surface area (Å²) in [6.07, 6.45) is 0.950. The van der Waals surface area contributed by atoms with Gasteiger partial charge in [-0.05, 0) is 24.3 Å². The number of benzene rings is 1. The van der Waals surface area contributed by atoms with Crippen molar-refractivity contribution in [2.24, 2.45) is 0 Å². The Morgan fingerprint density at radius 3 is 2.40 bits per heavy atom. The van der Waals surface area contributed by atoms with Crippen LogP contribution in [-0.4, -0.2) is 0 Å². The van der Waals surface area contributed by atoms with Crippen molar-refractivity contribution in [3.8, 4) is 0 Å². The van der Waals surface area contributed by atoms with E-state index in [0.29, 0.717) is 0 Å². The topological polar surface area (TPSA) is 25.2 Å². The number of para-hydroxylation sites is 1. The molecule has 0 aliphatic heterocycles. The molecule has 78 valence electrons. The lowest BCUT2D eigenvalue weighted by molar-refractivity contribution is 0.476. The molecule has 0 aliphatic carbocycles. The summed E-state index contributed by atoms with van der Waals surface area (Å²) in [5, 5.41) is 3.30. The number of rotatable bonds is 4. The Labute approximate surface area is 89.9 Å². The fourth-order valence-corrected chi connectivity index (χ4v) is 1.45. The zero-order chi connectivity index (χ0) is 10.5. The lowest BCUT2D eigenvalue weighted by Gasteiger charge is -2.03. The van der Waals surface area contributed by atoms with Crippen molar-refractivity contribution >= 4 is 5.69 Å². The Kier molecular flexibility index (Phi) is 3.08. The summed E-state index contributed by atoms with van der Waals surface area (Å²) in [5.74, 6) is 2.02. The number of nitrogens with one attached hydrogen (secondary N) is 1. The van der Waals surface area contributed by atoms with Gasteiger partial charge in [0.2, 0.25) is 0 Å². The molecule has 0 saturated carbocycles.